The van der Waals surface area contributed by atoms with E-state index in [0.717, 1.165) is 0 Å². The second-order valence-corrected chi connectivity index (χ2v) is 3.18. The molecule has 6 nitrogen and oxygen atoms in total. The quantitative estimate of drug-likeness (QED) is 0.786. The zero-order valence-electron chi connectivity index (χ0n) is 8.70. The van der Waals surface area contributed by atoms with E-state index in [1.54, 1.807) is 24.3 Å². The highest BCUT2D eigenvalue weighted by molar-refractivity contribution is 5.53. The van der Waals surface area contributed by atoms with E-state index < -0.39 is 0 Å². The van der Waals surface area contributed by atoms with Crippen LogP contribution >= 0.6 is 0 Å². The van der Waals surface area contributed by atoms with Crippen molar-refractivity contribution in [2.75, 3.05) is 5.73 Å². The number of nitriles is 1. The predicted molar refractivity (Wildman–Crippen MR) is 59.4 cm³/mol. The number of carbonyl (C=O) groups is 1. The highest BCUT2D eigenvalue weighted by Gasteiger charge is 2.08. The smallest absolute Gasteiger partial charge is 0.298 e. The SMILES string of the molecule is N#Cc1cnn(-c2ccc(OC=O)cc2)c1N. The molecule has 0 fully saturated rings. The lowest BCUT2D eigenvalue weighted by atomic mass is 10.3. The Morgan fingerprint density at radius 1 is 1.41 bits per heavy atom. The first-order chi connectivity index (χ1) is 8.26. The lowest BCUT2D eigenvalue weighted by Gasteiger charge is -2.04. The molecule has 0 aliphatic rings. The maximum atomic E-state index is 10.1. The Hall–Kier alpha value is -2.81. The average Bonchev–Trinajstić information content (AvgIpc) is 2.72. The van der Waals surface area contributed by atoms with E-state index in [2.05, 4.69) is 9.84 Å². The number of hydrogen-bond acceptors (Lipinski definition) is 5. The first-order valence-corrected chi connectivity index (χ1v) is 4.70. The number of carbonyl (C=O) groups excluding carboxylic acids is 1. The normalized spacial score (nSPS) is 9.59. The summed E-state index contributed by atoms with van der Waals surface area (Å²) in [4.78, 5) is 10.1. The fourth-order valence-corrected chi connectivity index (χ4v) is 1.37. The molecule has 2 rings (SSSR count). The van der Waals surface area contributed by atoms with E-state index in [0.29, 0.717) is 23.5 Å². The third-order valence-corrected chi connectivity index (χ3v) is 2.19. The van der Waals surface area contributed by atoms with Crippen LogP contribution < -0.4 is 10.5 Å². The molecule has 0 aliphatic heterocycles. The highest BCUT2D eigenvalue weighted by atomic mass is 16.5. The van der Waals surface area contributed by atoms with Crippen LogP contribution in [0.3, 0.4) is 0 Å². The van der Waals surface area contributed by atoms with Crippen LogP contribution in [0.4, 0.5) is 5.82 Å². The Morgan fingerprint density at radius 2 is 2.12 bits per heavy atom. The Kier molecular flexibility index (Phi) is 2.75. The fourth-order valence-electron chi connectivity index (χ4n) is 1.37. The van der Waals surface area contributed by atoms with Gasteiger partial charge in [0.2, 0.25) is 0 Å². The molecule has 84 valence electrons. The van der Waals surface area contributed by atoms with Gasteiger partial charge in [-0.25, -0.2) is 4.68 Å². The molecular weight excluding hydrogens is 220 g/mol. The third-order valence-electron chi connectivity index (χ3n) is 2.19. The lowest BCUT2D eigenvalue weighted by molar-refractivity contribution is -0.120. The summed E-state index contributed by atoms with van der Waals surface area (Å²) in [5, 5.41) is 12.7. The highest BCUT2D eigenvalue weighted by Crippen LogP contribution is 2.19. The summed E-state index contributed by atoms with van der Waals surface area (Å²) in [6.07, 6.45) is 1.39. The number of benzene rings is 1. The minimum absolute atomic E-state index is 0.275. The van der Waals surface area contributed by atoms with Gasteiger partial charge in [-0.05, 0) is 24.3 Å². The molecule has 0 saturated heterocycles. The van der Waals surface area contributed by atoms with Gasteiger partial charge in [-0.15, -0.1) is 0 Å². The van der Waals surface area contributed by atoms with Crippen LogP contribution in [0.25, 0.3) is 5.69 Å². The Bertz CT molecular complexity index is 581. The minimum atomic E-state index is 0.275. The summed E-state index contributed by atoms with van der Waals surface area (Å²) >= 11 is 0. The van der Waals surface area contributed by atoms with Crippen molar-refractivity contribution in [3.8, 4) is 17.5 Å². The van der Waals surface area contributed by atoms with E-state index in [1.807, 2.05) is 6.07 Å². The van der Waals surface area contributed by atoms with E-state index in [4.69, 9.17) is 11.0 Å². The van der Waals surface area contributed by atoms with E-state index in [-0.39, 0.29) is 5.82 Å². The van der Waals surface area contributed by atoms with Gasteiger partial charge in [0.1, 0.15) is 23.2 Å². The standard InChI is InChI=1S/C11H8N4O2/c12-5-8-6-14-15(11(8)13)9-1-3-10(4-2-9)17-7-16/h1-4,6-7H,13H2. The van der Waals surface area contributed by atoms with Crippen LogP contribution in [0.1, 0.15) is 5.56 Å². The van der Waals surface area contributed by atoms with Crippen molar-refractivity contribution in [2.24, 2.45) is 0 Å². The van der Waals surface area contributed by atoms with Gasteiger partial charge >= 0.3 is 0 Å². The van der Waals surface area contributed by atoms with Crippen molar-refractivity contribution in [3.05, 3.63) is 36.0 Å². The lowest BCUT2D eigenvalue weighted by Crippen LogP contribution is -2.02. The number of anilines is 1. The number of hydrogen-bond donors (Lipinski definition) is 1. The summed E-state index contributed by atoms with van der Waals surface area (Å²) < 4.78 is 6.09. The Morgan fingerprint density at radius 3 is 2.65 bits per heavy atom. The summed E-state index contributed by atoms with van der Waals surface area (Å²) in [7, 11) is 0. The summed E-state index contributed by atoms with van der Waals surface area (Å²) in [5.41, 5.74) is 6.73. The van der Waals surface area contributed by atoms with Crippen molar-refractivity contribution in [3.63, 3.8) is 0 Å². The number of nitrogen functional groups attached to an aromatic ring is 1. The molecule has 17 heavy (non-hydrogen) atoms. The van der Waals surface area contributed by atoms with E-state index in [1.165, 1.54) is 10.9 Å². The van der Waals surface area contributed by atoms with Crippen LogP contribution in [0.15, 0.2) is 30.5 Å². The van der Waals surface area contributed by atoms with E-state index in [9.17, 15) is 4.79 Å². The van der Waals surface area contributed by atoms with Crippen molar-refractivity contribution >= 4 is 12.3 Å². The molecule has 2 aromatic rings. The number of ether oxygens (including phenoxy) is 1. The number of rotatable bonds is 3. The summed E-state index contributed by atoms with van der Waals surface area (Å²) in [5.74, 6) is 0.700. The molecular formula is C11H8N4O2. The van der Waals surface area contributed by atoms with Crippen molar-refractivity contribution in [1.82, 2.24) is 9.78 Å². The van der Waals surface area contributed by atoms with Gasteiger partial charge in [-0.3, -0.25) is 4.79 Å². The molecule has 0 amide bonds. The van der Waals surface area contributed by atoms with Crippen LogP contribution in [0, 0.1) is 11.3 Å². The molecule has 0 atom stereocenters. The topological polar surface area (TPSA) is 93.9 Å². The van der Waals surface area contributed by atoms with Crippen LogP contribution in [-0.4, -0.2) is 16.3 Å². The molecule has 0 unspecified atom stereocenters. The zero-order valence-corrected chi connectivity index (χ0v) is 8.70. The monoisotopic (exact) mass is 228 g/mol. The van der Waals surface area contributed by atoms with Gasteiger partial charge in [0.05, 0.1) is 11.9 Å². The van der Waals surface area contributed by atoms with Gasteiger partial charge < -0.3 is 10.5 Å². The maximum Gasteiger partial charge on any atom is 0.298 e. The van der Waals surface area contributed by atoms with Gasteiger partial charge in [0, 0.05) is 0 Å². The molecule has 1 aromatic heterocycles. The van der Waals surface area contributed by atoms with Crippen molar-refractivity contribution in [2.45, 2.75) is 0 Å². The molecule has 0 radical (unpaired) electrons. The predicted octanol–water partition coefficient (Wildman–Crippen LogP) is 0.861. The Labute approximate surface area is 96.8 Å². The number of nitrogens with zero attached hydrogens (tertiary/aromatic N) is 3. The molecule has 0 bridgehead atoms. The molecule has 0 spiro atoms. The number of nitrogens with two attached hydrogens (primary N) is 1. The van der Waals surface area contributed by atoms with E-state index >= 15 is 0 Å². The maximum absolute atomic E-state index is 10.1. The minimum Gasteiger partial charge on any atom is -0.429 e. The first-order valence-electron chi connectivity index (χ1n) is 4.70. The molecule has 1 heterocycles. The second kappa shape index (κ2) is 4.37. The fraction of sp³-hybridized carbons (Fsp3) is 0. The van der Waals surface area contributed by atoms with Crippen LogP contribution in [-0.2, 0) is 4.79 Å². The van der Waals surface area contributed by atoms with Gasteiger partial charge in [0.15, 0.2) is 0 Å². The van der Waals surface area contributed by atoms with Crippen LogP contribution in [0.5, 0.6) is 5.75 Å². The first kappa shape index (κ1) is 10.7. The number of aromatic nitrogens is 2. The van der Waals surface area contributed by atoms with Gasteiger partial charge in [-0.2, -0.15) is 10.4 Å². The molecule has 0 aliphatic carbocycles. The molecule has 0 saturated carbocycles. The third kappa shape index (κ3) is 1.94. The second-order valence-electron chi connectivity index (χ2n) is 3.18. The molecule has 2 N–H and O–H groups in total. The average molecular weight is 228 g/mol. The molecule has 6 heteroatoms. The molecule has 1 aromatic carbocycles. The summed E-state index contributed by atoms with van der Waals surface area (Å²) in [6, 6.07) is 8.52. The largest absolute Gasteiger partial charge is 0.429 e. The summed E-state index contributed by atoms with van der Waals surface area (Å²) in [6.45, 7) is 0.352. The van der Waals surface area contributed by atoms with Crippen molar-refractivity contribution in [1.29, 1.82) is 5.26 Å². The van der Waals surface area contributed by atoms with Gasteiger partial charge in [-0.1, -0.05) is 0 Å². The van der Waals surface area contributed by atoms with Gasteiger partial charge in [0.25, 0.3) is 6.47 Å². The van der Waals surface area contributed by atoms with Crippen LogP contribution in [0.2, 0.25) is 0 Å². The zero-order chi connectivity index (χ0) is 12.3. The Balaban J connectivity index is 2.37. The van der Waals surface area contributed by atoms with Crippen molar-refractivity contribution < 1.29 is 9.53 Å².